The highest BCUT2D eigenvalue weighted by molar-refractivity contribution is 6.73. The molecule has 0 N–H and O–H groups in total. The summed E-state index contributed by atoms with van der Waals surface area (Å²) < 4.78 is 11.9. The summed E-state index contributed by atoms with van der Waals surface area (Å²) in [5.74, 6) is 0.866. The third-order valence-corrected chi connectivity index (χ3v) is 9.84. The molecule has 0 spiro atoms. The van der Waals surface area contributed by atoms with Crippen molar-refractivity contribution in [2.45, 2.75) is 83.2 Å². The van der Waals surface area contributed by atoms with Gasteiger partial charge in [-0.3, -0.25) is 0 Å². The molecule has 2 rings (SSSR count). The van der Waals surface area contributed by atoms with E-state index in [4.69, 9.17) is 9.16 Å². The number of ether oxygens (including phenoxy) is 1. The average Bonchev–Trinajstić information content (AvgIpc) is 3.18. The van der Waals surface area contributed by atoms with Gasteiger partial charge in [0.2, 0.25) is 0 Å². The topological polar surface area (TPSA) is 21.8 Å². The minimum Gasteiger partial charge on any atom is -0.417 e. The molecular weight excluding hydrogens is 240 g/mol. The molecule has 1 aliphatic heterocycles. The molecule has 2 aliphatic rings. The van der Waals surface area contributed by atoms with Gasteiger partial charge >= 0.3 is 0 Å². The lowest BCUT2D eigenvalue weighted by Crippen LogP contribution is -2.36. The average molecular weight is 270 g/mol. The van der Waals surface area contributed by atoms with Crippen LogP contribution in [0.25, 0.3) is 0 Å². The second kappa shape index (κ2) is 6.53. The number of hydrogen-bond donors (Lipinski definition) is 0. The third kappa shape index (κ3) is 3.37. The second-order valence-corrected chi connectivity index (χ2v) is 10.6. The van der Waals surface area contributed by atoms with Crippen LogP contribution in [0.1, 0.15) is 52.9 Å². The highest BCUT2D eigenvalue weighted by atomic mass is 28.4. The van der Waals surface area contributed by atoms with Crippen molar-refractivity contribution in [1.29, 1.82) is 0 Å². The fraction of sp³-hybridized carbons (Fsp3) is 1.00. The molecule has 3 unspecified atom stereocenters. The van der Waals surface area contributed by atoms with Gasteiger partial charge in [0.05, 0.1) is 12.2 Å². The summed E-state index contributed by atoms with van der Waals surface area (Å²) in [6.45, 7) is 7.71. The van der Waals surface area contributed by atoms with Gasteiger partial charge in [0, 0.05) is 6.61 Å². The van der Waals surface area contributed by atoms with Crippen LogP contribution in [-0.2, 0) is 9.16 Å². The Bertz CT molecular complexity index is 253. The van der Waals surface area contributed by atoms with E-state index in [9.17, 15) is 0 Å². The molecule has 1 saturated carbocycles. The van der Waals surface area contributed by atoms with Crippen molar-refractivity contribution in [2.75, 3.05) is 6.61 Å². The molecule has 0 aromatic rings. The molecule has 1 saturated heterocycles. The van der Waals surface area contributed by atoms with E-state index in [1.54, 1.807) is 0 Å². The molecule has 1 heterocycles. The molecule has 0 radical (unpaired) electrons. The molecule has 106 valence electrons. The first-order valence-electron chi connectivity index (χ1n) is 8.04. The summed E-state index contributed by atoms with van der Waals surface area (Å²) in [5, 5.41) is 0. The van der Waals surface area contributed by atoms with Gasteiger partial charge in [-0.25, -0.2) is 0 Å². The van der Waals surface area contributed by atoms with Gasteiger partial charge in [-0.2, -0.15) is 0 Å². The van der Waals surface area contributed by atoms with Crippen LogP contribution in [-0.4, -0.2) is 27.1 Å². The summed E-state index contributed by atoms with van der Waals surface area (Å²) >= 11 is 0. The van der Waals surface area contributed by atoms with Crippen LogP contribution in [0.4, 0.5) is 0 Å². The Morgan fingerprint density at radius 1 is 1.17 bits per heavy atom. The van der Waals surface area contributed by atoms with E-state index in [0.717, 1.165) is 12.5 Å². The van der Waals surface area contributed by atoms with Crippen molar-refractivity contribution in [2.24, 2.45) is 5.92 Å². The zero-order valence-electron chi connectivity index (χ0n) is 12.4. The van der Waals surface area contributed by atoms with Crippen LogP contribution < -0.4 is 0 Å². The molecule has 1 aliphatic carbocycles. The van der Waals surface area contributed by atoms with Crippen molar-refractivity contribution in [3.63, 3.8) is 0 Å². The lowest BCUT2D eigenvalue weighted by Gasteiger charge is -2.29. The Morgan fingerprint density at radius 3 is 2.61 bits per heavy atom. The van der Waals surface area contributed by atoms with Gasteiger partial charge in [-0.1, -0.05) is 26.7 Å². The number of hydrogen-bond acceptors (Lipinski definition) is 2. The predicted octanol–water partition coefficient (Wildman–Crippen LogP) is 4.36. The lowest BCUT2D eigenvalue weighted by atomic mass is 9.86. The molecule has 3 atom stereocenters. The zero-order valence-corrected chi connectivity index (χ0v) is 13.4. The van der Waals surface area contributed by atoms with Gasteiger partial charge in [0.25, 0.3) is 0 Å². The number of rotatable bonds is 8. The SMILES string of the molecule is CCO[Si](CC)(CC)CCCC1CCCC2OC12. The van der Waals surface area contributed by atoms with Gasteiger partial charge in [-0.15, -0.1) is 0 Å². The Hall–Kier alpha value is 0.137. The molecule has 2 nitrogen and oxygen atoms in total. The maximum atomic E-state index is 6.16. The molecule has 2 fully saturated rings. The van der Waals surface area contributed by atoms with E-state index in [1.165, 1.54) is 50.2 Å². The Balaban J connectivity index is 1.72. The Morgan fingerprint density at radius 2 is 1.94 bits per heavy atom. The minimum atomic E-state index is -1.38. The predicted molar refractivity (Wildman–Crippen MR) is 78.4 cm³/mol. The van der Waals surface area contributed by atoms with Crippen LogP contribution in [0.15, 0.2) is 0 Å². The van der Waals surface area contributed by atoms with Crippen LogP contribution in [0.3, 0.4) is 0 Å². The van der Waals surface area contributed by atoms with Gasteiger partial charge < -0.3 is 9.16 Å². The largest absolute Gasteiger partial charge is 0.417 e. The van der Waals surface area contributed by atoms with Crippen LogP contribution in [0.2, 0.25) is 18.1 Å². The maximum absolute atomic E-state index is 6.16. The standard InChI is InChI=1S/C15H30O2Si/c1-4-16-18(5-2,6-3)12-8-10-13-9-7-11-14-15(13)17-14/h13-15H,4-12H2,1-3H3. The normalized spacial score (nSPS) is 31.2. The molecule has 0 aromatic heterocycles. The first-order chi connectivity index (χ1) is 8.74. The molecule has 18 heavy (non-hydrogen) atoms. The number of fused-ring (bicyclic) bond motifs is 1. The quantitative estimate of drug-likeness (QED) is 0.483. The van der Waals surface area contributed by atoms with Crippen molar-refractivity contribution in [3.05, 3.63) is 0 Å². The van der Waals surface area contributed by atoms with Crippen molar-refractivity contribution >= 4 is 8.32 Å². The smallest absolute Gasteiger partial charge is 0.192 e. The summed E-state index contributed by atoms with van der Waals surface area (Å²) in [6.07, 6.45) is 8.15. The van der Waals surface area contributed by atoms with Crippen LogP contribution in [0, 0.1) is 5.92 Å². The summed E-state index contributed by atoms with van der Waals surface area (Å²) in [6, 6.07) is 3.93. The summed E-state index contributed by atoms with van der Waals surface area (Å²) in [7, 11) is -1.38. The van der Waals surface area contributed by atoms with E-state index in [0.29, 0.717) is 12.2 Å². The van der Waals surface area contributed by atoms with Gasteiger partial charge in [0.1, 0.15) is 0 Å². The van der Waals surface area contributed by atoms with Crippen molar-refractivity contribution in [3.8, 4) is 0 Å². The van der Waals surface area contributed by atoms with Gasteiger partial charge in [0.15, 0.2) is 8.32 Å². The monoisotopic (exact) mass is 270 g/mol. The molecule has 3 heteroatoms. The lowest BCUT2D eigenvalue weighted by molar-refractivity contribution is 0.298. The van der Waals surface area contributed by atoms with Crippen LogP contribution in [0.5, 0.6) is 0 Å². The fourth-order valence-corrected chi connectivity index (χ4v) is 6.95. The zero-order chi connectivity index (χ0) is 13.0. The van der Waals surface area contributed by atoms with Crippen molar-refractivity contribution in [1.82, 2.24) is 0 Å². The van der Waals surface area contributed by atoms with Crippen LogP contribution >= 0.6 is 0 Å². The molecular formula is C15H30O2Si. The molecule has 0 aromatic carbocycles. The first-order valence-corrected chi connectivity index (χ1v) is 10.6. The Labute approximate surface area is 114 Å². The van der Waals surface area contributed by atoms with E-state index in [2.05, 4.69) is 20.8 Å². The van der Waals surface area contributed by atoms with E-state index < -0.39 is 8.32 Å². The third-order valence-electron chi connectivity index (χ3n) is 5.10. The Kier molecular flexibility index (Phi) is 5.28. The maximum Gasteiger partial charge on any atom is 0.192 e. The van der Waals surface area contributed by atoms with Gasteiger partial charge in [-0.05, 0) is 50.2 Å². The second-order valence-electron chi connectivity index (χ2n) is 6.05. The fourth-order valence-electron chi connectivity index (χ4n) is 3.73. The van der Waals surface area contributed by atoms with E-state index in [-0.39, 0.29) is 0 Å². The highest BCUT2D eigenvalue weighted by Crippen LogP contribution is 2.43. The highest BCUT2D eigenvalue weighted by Gasteiger charge is 2.46. The molecule has 0 amide bonds. The van der Waals surface area contributed by atoms with E-state index in [1.807, 2.05) is 0 Å². The molecule has 0 bridgehead atoms. The summed E-state index contributed by atoms with van der Waals surface area (Å²) in [5.41, 5.74) is 0. The first kappa shape index (κ1) is 14.5. The van der Waals surface area contributed by atoms with Crippen molar-refractivity contribution < 1.29 is 9.16 Å². The summed E-state index contributed by atoms with van der Waals surface area (Å²) in [4.78, 5) is 0. The minimum absolute atomic E-state index is 0.644. The van der Waals surface area contributed by atoms with E-state index >= 15 is 0 Å². The number of epoxide rings is 1.